The average molecular weight is 316 g/mol. The van der Waals surface area contributed by atoms with Gasteiger partial charge in [-0.15, -0.1) is 0 Å². The lowest BCUT2D eigenvalue weighted by molar-refractivity contribution is -0.120. The molecule has 0 bridgehead atoms. The molecule has 0 unspecified atom stereocenters. The molecule has 1 rings (SSSR count). The molecule has 0 aliphatic carbocycles. The Hall–Kier alpha value is -1.30. The molecule has 1 aromatic rings. The lowest BCUT2D eigenvalue weighted by atomic mass is 10.3. The van der Waals surface area contributed by atoms with E-state index in [0.29, 0.717) is 18.7 Å². The molecule has 0 fully saturated rings. The number of aromatic nitrogens is 1. The number of hydrogen-bond donors (Lipinski definition) is 1. The van der Waals surface area contributed by atoms with E-state index in [1.807, 2.05) is 17.7 Å². The molecule has 0 radical (unpaired) electrons. The lowest BCUT2D eigenvalue weighted by Crippen LogP contribution is -2.32. The smallest absolute Gasteiger partial charge is 0.270 e. The minimum atomic E-state index is -0.0774. The summed E-state index contributed by atoms with van der Waals surface area (Å²) in [6, 6.07) is 1.79. The number of amides is 2. The van der Waals surface area contributed by atoms with Gasteiger partial charge in [0.15, 0.2) is 0 Å². The summed E-state index contributed by atoms with van der Waals surface area (Å²) in [6.07, 6.45) is 2.19. The van der Waals surface area contributed by atoms with Gasteiger partial charge in [-0.05, 0) is 28.9 Å². The van der Waals surface area contributed by atoms with Gasteiger partial charge >= 0.3 is 0 Å². The highest BCUT2D eigenvalue weighted by molar-refractivity contribution is 9.10. The summed E-state index contributed by atoms with van der Waals surface area (Å²) in [7, 11) is 3.29. The first kappa shape index (κ1) is 14.8. The van der Waals surface area contributed by atoms with Gasteiger partial charge in [0, 0.05) is 44.3 Å². The van der Waals surface area contributed by atoms with Gasteiger partial charge in [-0.2, -0.15) is 0 Å². The molecule has 18 heavy (non-hydrogen) atoms. The molecule has 100 valence electrons. The maximum atomic E-state index is 12.2. The number of nitrogens with zero attached hydrogens (tertiary/aromatic N) is 2. The molecule has 0 saturated heterocycles. The van der Waals surface area contributed by atoms with Crippen LogP contribution in [0, 0.1) is 0 Å². The molecule has 2 amide bonds. The molecule has 5 nitrogen and oxygen atoms in total. The van der Waals surface area contributed by atoms with Crippen molar-refractivity contribution in [3.05, 3.63) is 22.4 Å². The summed E-state index contributed by atoms with van der Waals surface area (Å²) < 4.78 is 2.76. The van der Waals surface area contributed by atoms with E-state index in [1.165, 1.54) is 0 Å². The van der Waals surface area contributed by atoms with E-state index in [0.717, 1.165) is 11.0 Å². The van der Waals surface area contributed by atoms with Crippen molar-refractivity contribution in [3.8, 4) is 0 Å². The topological polar surface area (TPSA) is 54.3 Å². The van der Waals surface area contributed by atoms with E-state index < -0.39 is 0 Å². The van der Waals surface area contributed by atoms with Crippen LogP contribution in [0.2, 0.25) is 0 Å². The molecule has 0 aliphatic rings. The Morgan fingerprint density at radius 3 is 2.72 bits per heavy atom. The third kappa shape index (κ3) is 3.60. The zero-order valence-corrected chi connectivity index (χ0v) is 12.5. The fraction of sp³-hybridized carbons (Fsp3) is 0.500. The van der Waals surface area contributed by atoms with Crippen LogP contribution in [-0.4, -0.2) is 41.9 Å². The fourth-order valence-corrected chi connectivity index (χ4v) is 2.07. The molecular weight excluding hydrogens is 298 g/mol. The van der Waals surface area contributed by atoms with Gasteiger partial charge in [-0.25, -0.2) is 0 Å². The van der Waals surface area contributed by atoms with Crippen LogP contribution in [0.5, 0.6) is 0 Å². The Balaban J connectivity index is 2.70. The van der Waals surface area contributed by atoms with Gasteiger partial charge < -0.3 is 14.8 Å². The first-order valence-corrected chi connectivity index (χ1v) is 6.60. The second-order valence-electron chi connectivity index (χ2n) is 3.98. The van der Waals surface area contributed by atoms with Crippen LogP contribution in [-0.2, 0) is 11.3 Å². The van der Waals surface area contributed by atoms with E-state index >= 15 is 0 Å². The molecule has 0 aliphatic heterocycles. The minimum absolute atomic E-state index is 0.0679. The van der Waals surface area contributed by atoms with E-state index in [4.69, 9.17) is 0 Å². The van der Waals surface area contributed by atoms with Crippen LogP contribution in [0.15, 0.2) is 16.7 Å². The zero-order valence-electron chi connectivity index (χ0n) is 10.9. The molecule has 0 saturated carbocycles. The number of carbonyl (C=O) groups excluding carboxylic acids is 2. The average Bonchev–Trinajstić information content (AvgIpc) is 2.75. The van der Waals surface area contributed by atoms with Crippen LogP contribution < -0.4 is 5.32 Å². The summed E-state index contributed by atoms with van der Waals surface area (Å²) in [5.74, 6) is -0.145. The number of halogens is 1. The molecule has 0 atom stereocenters. The fourth-order valence-electron chi connectivity index (χ4n) is 1.61. The van der Waals surface area contributed by atoms with Crippen molar-refractivity contribution in [1.29, 1.82) is 0 Å². The number of hydrogen-bond acceptors (Lipinski definition) is 2. The number of nitrogens with one attached hydrogen (secondary N) is 1. The van der Waals surface area contributed by atoms with Crippen molar-refractivity contribution in [2.45, 2.75) is 19.9 Å². The molecule has 6 heteroatoms. The van der Waals surface area contributed by atoms with Gasteiger partial charge in [0.2, 0.25) is 5.91 Å². The van der Waals surface area contributed by atoms with Crippen molar-refractivity contribution >= 4 is 27.7 Å². The van der Waals surface area contributed by atoms with Gasteiger partial charge in [-0.1, -0.05) is 0 Å². The first-order valence-electron chi connectivity index (χ1n) is 5.81. The Morgan fingerprint density at radius 1 is 1.50 bits per heavy atom. The van der Waals surface area contributed by atoms with Crippen LogP contribution in [0.4, 0.5) is 0 Å². The molecule has 0 aromatic carbocycles. The third-order valence-electron chi connectivity index (χ3n) is 2.72. The number of carbonyl (C=O) groups is 2. The quantitative estimate of drug-likeness (QED) is 0.894. The third-order valence-corrected chi connectivity index (χ3v) is 3.16. The van der Waals surface area contributed by atoms with Gasteiger partial charge in [0.1, 0.15) is 5.69 Å². The van der Waals surface area contributed by atoms with Crippen LogP contribution in [0.3, 0.4) is 0 Å². The van der Waals surface area contributed by atoms with Crippen LogP contribution >= 0.6 is 15.9 Å². The Labute approximate surface area is 115 Å². The van der Waals surface area contributed by atoms with E-state index in [1.54, 1.807) is 25.1 Å². The monoisotopic (exact) mass is 315 g/mol. The standard InChI is InChI=1S/C12H18BrN3O2/c1-4-16-8-9(13)7-10(16)12(18)15(3)6-5-11(17)14-2/h7-8H,4-6H2,1-3H3,(H,14,17). The van der Waals surface area contributed by atoms with Crippen LogP contribution in [0.25, 0.3) is 0 Å². The minimum Gasteiger partial charge on any atom is -0.359 e. The first-order chi connectivity index (χ1) is 8.49. The molecule has 1 heterocycles. The predicted molar refractivity (Wildman–Crippen MR) is 73.5 cm³/mol. The SMILES string of the molecule is CCn1cc(Br)cc1C(=O)N(C)CCC(=O)NC. The molecule has 0 spiro atoms. The number of aryl methyl sites for hydroxylation is 1. The Kier molecular flexibility index (Phi) is 5.40. The largest absolute Gasteiger partial charge is 0.359 e. The predicted octanol–water partition coefficient (Wildman–Crippen LogP) is 1.48. The maximum absolute atomic E-state index is 12.2. The van der Waals surface area contributed by atoms with Crippen molar-refractivity contribution in [2.75, 3.05) is 20.6 Å². The van der Waals surface area contributed by atoms with Gasteiger partial charge in [-0.3, -0.25) is 9.59 Å². The summed E-state index contributed by atoms with van der Waals surface area (Å²) in [6.45, 7) is 3.12. The van der Waals surface area contributed by atoms with E-state index in [-0.39, 0.29) is 11.8 Å². The highest BCUT2D eigenvalue weighted by atomic mass is 79.9. The van der Waals surface area contributed by atoms with Gasteiger partial charge in [0.05, 0.1) is 0 Å². The van der Waals surface area contributed by atoms with Crippen molar-refractivity contribution in [1.82, 2.24) is 14.8 Å². The van der Waals surface area contributed by atoms with Crippen molar-refractivity contribution in [2.24, 2.45) is 0 Å². The second kappa shape index (κ2) is 6.58. The second-order valence-corrected chi connectivity index (χ2v) is 4.90. The van der Waals surface area contributed by atoms with Crippen molar-refractivity contribution in [3.63, 3.8) is 0 Å². The van der Waals surface area contributed by atoms with Crippen LogP contribution in [0.1, 0.15) is 23.8 Å². The normalized spacial score (nSPS) is 10.2. The number of rotatable bonds is 5. The maximum Gasteiger partial charge on any atom is 0.270 e. The van der Waals surface area contributed by atoms with Crippen molar-refractivity contribution < 1.29 is 9.59 Å². The summed E-state index contributed by atoms with van der Waals surface area (Å²) >= 11 is 3.36. The summed E-state index contributed by atoms with van der Waals surface area (Å²) in [4.78, 5) is 24.9. The summed E-state index contributed by atoms with van der Waals surface area (Å²) in [5, 5.41) is 2.54. The van der Waals surface area contributed by atoms with E-state index in [9.17, 15) is 9.59 Å². The zero-order chi connectivity index (χ0) is 13.7. The highest BCUT2D eigenvalue weighted by Crippen LogP contribution is 2.16. The Morgan fingerprint density at radius 2 is 2.17 bits per heavy atom. The van der Waals surface area contributed by atoms with Gasteiger partial charge in [0.25, 0.3) is 5.91 Å². The van der Waals surface area contributed by atoms with E-state index in [2.05, 4.69) is 21.2 Å². The molecule has 1 aromatic heterocycles. The molecular formula is C12H18BrN3O2. The highest BCUT2D eigenvalue weighted by Gasteiger charge is 2.17. The Bertz CT molecular complexity index is 443. The summed E-state index contributed by atoms with van der Waals surface area (Å²) in [5.41, 5.74) is 0.629. The lowest BCUT2D eigenvalue weighted by Gasteiger charge is -2.17. The molecule has 1 N–H and O–H groups in total.